The van der Waals surface area contributed by atoms with E-state index in [-0.39, 0.29) is 0 Å². The molecule has 0 aromatic heterocycles. The first kappa shape index (κ1) is 14.0. The van der Waals surface area contributed by atoms with Gasteiger partial charge in [-0.05, 0) is 45.3 Å². The molecule has 2 nitrogen and oxygen atoms in total. The Kier molecular flexibility index (Phi) is 3.32. The van der Waals surface area contributed by atoms with Crippen LogP contribution in [0.5, 0.6) is 0 Å². The Morgan fingerprint density at radius 2 is 1.44 bits per heavy atom. The molecule has 6 heteroatoms. The first-order valence-corrected chi connectivity index (χ1v) is 6.43. The van der Waals surface area contributed by atoms with Crippen molar-refractivity contribution in [2.24, 2.45) is 0 Å². The molecular formula is C12H14BBrF2O2. The maximum Gasteiger partial charge on any atom is 0.496 e. The third-order valence-corrected chi connectivity index (χ3v) is 4.23. The van der Waals surface area contributed by atoms with Gasteiger partial charge in [-0.2, -0.15) is 0 Å². The molecule has 1 fully saturated rings. The van der Waals surface area contributed by atoms with Gasteiger partial charge in [-0.3, -0.25) is 0 Å². The maximum absolute atomic E-state index is 13.3. The predicted molar refractivity (Wildman–Crippen MR) is 69.8 cm³/mol. The van der Waals surface area contributed by atoms with Crippen LogP contribution >= 0.6 is 15.9 Å². The lowest BCUT2D eigenvalue weighted by atomic mass is 9.79. The van der Waals surface area contributed by atoms with Crippen molar-refractivity contribution in [2.75, 3.05) is 0 Å². The molecule has 0 saturated carbocycles. The Morgan fingerprint density at radius 1 is 1.00 bits per heavy atom. The highest BCUT2D eigenvalue weighted by Gasteiger charge is 2.52. The molecule has 18 heavy (non-hydrogen) atoms. The Balaban J connectivity index is 2.38. The van der Waals surface area contributed by atoms with Crippen LogP contribution < -0.4 is 5.46 Å². The van der Waals surface area contributed by atoms with Gasteiger partial charge in [0.2, 0.25) is 0 Å². The molecule has 0 N–H and O–H groups in total. The third-order valence-electron chi connectivity index (χ3n) is 3.55. The lowest BCUT2D eigenvalue weighted by Gasteiger charge is -2.32. The van der Waals surface area contributed by atoms with Crippen molar-refractivity contribution < 1.29 is 18.1 Å². The van der Waals surface area contributed by atoms with Gasteiger partial charge in [-0.1, -0.05) is 15.9 Å². The van der Waals surface area contributed by atoms with E-state index in [0.29, 0.717) is 9.94 Å². The van der Waals surface area contributed by atoms with Gasteiger partial charge in [0.25, 0.3) is 0 Å². The SMILES string of the molecule is CC1(C)OB(c2cc(F)c(F)cc2Br)OC1(C)C. The second kappa shape index (κ2) is 4.29. The highest BCUT2D eigenvalue weighted by atomic mass is 79.9. The smallest absolute Gasteiger partial charge is 0.399 e. The van der Waals surface area contributed by atoms with E-state index < -0.39 is 30.0 Å². The third kappa shape index (κ3) is 2.21. The molecule has 2 rings (SSSR count). The minimum Gasteiger partial charge on any atom is -0.399 e. The van der Waals surface area contributed by atoms with Gasteiger partial charge >= 0.3 is 7.12 Å². The van der Waals surface area contributed by atoms with Gasteiger partial charge < -0.3 is 9.31 Å². The predicted octanol–water partition coefficient (Wildman–Crippen LogP) is 3.03. The minimum absolute atomic E-state index is 0.430. The molecule has 0 radical (unpaired) electrons. The molecule has 0 atom stereocenters. The molecular weight excluding hydrogens is 305 g/mol. The molecule has 0 unspecified atom stereocenters. The number of hydrogen-bond acceptors (Lipinski definition) is 2. The zero-order valence-corrected chi connectivity index (χ0v) is 12.3. The van der Waals surface area contributed by atoms with Crippen LogP contribution in [0.4, 0.5) is 8.78 Å². The van der Waals surface area contributed by atoms with E-state index in [1.165, 1.54) is 0 Å². The summed E-state index contributed by atoms with van der Waals surface area (Å²) in [6, 6.07) is 2.18. The summed E-state index contributed by atoms with van der Waals surface area (Å²) in [5.74, 6) is -1.81. The molecule has 1 aliphatic heterocycles. The van der Waals surface area contributed by atoms with Gasteiger partial charge in [0.05, 0.1) is 11.2 Å². The van der Waals surface area contributed by atoms with Crippen molar-refractivity contribution in [3.63, 3.8) is 0 Å². The van der Waals surface area contributed by atoms with Crippen molar-refractivity contribution >= 4 is 28.5 Å². The van der Waals surface area contributed by atoms with Gasteiger partial charge in [0, 0.05) is 4.47 Å². The van der Waals surface area contributed by atoms with Crippen LogP contribution in [0.1, 0.15) is 27.7 Å². The average Bonchev–Trinajstić information content (AvgIpc) is 2.42. The number of halogens is 3. The van der Waals surface area contributed by atoms with Crippen LogP contribution in [0.3, 0.4) is 0 Å². The highest BCUT2D eigenvalue weighted by Crippen LogP contribution is 2.37. The maximum atomic E-state index is 13.3. The van der Waals surface area contributed by atoms with Gasteiger partial charge in [-0.15, -0.1) is 0 Å². The molecule has 1 aromatic rings. The van der Waals surface area contributed by atoms with E-state index in [1.54, 1.807) is 0 Å². The van der Waals surface area contributed by atoms with E-state index >= 15 is 0 Å². The lowest BCUT2D eigenvalue weighted by molar-refractivity contribution is 0.00578. The monoisotopic (exact) mass is 318 g/mol. The molecule has 98 valence electrons. The first-order chi connectivity index (χ1) is 8.14. The minimum atomic E-state index is -0.914. The largest absolute Gasteiger partial charge is 0.496 e. The zero-order valence-electron chi connectivity index (χ0n) is 10.7. The molecule has 0 spiro atoms. The Bertz CT molecular complexity index is 475. The van der Waals surface area contributed by atoms with Crippen LogP contribution in [0, 0.1) is 11.6 Å². The number of rotatable bonds is 1. The molecule has 1 aliphatic rings. The summed E-state index contributed by atoms with van der Waals surface area (Å²) in [6.45, 7) is 7.61. The summed E-state index contributed by atoms with van der Waals surface area (Å²) >= 11 is 3.20. The molecule has 0 bridgehead atoms. The molecule has 0 aliphatic carbocycles. The Labute approximate surface area is 114 Å². The molecule has 0 amide bonds. The summed E-state index contributed by atoms with van der Waals surface area (Å²) in [4.78, 5) is 0. The van der Waals surface area contributed by atoms with Crippen molar-refractivity contribution in [2.45, 2.75) is 38.9 Å². The Morgan fingerprint density at radius 3 is 1.94 bits per heavy atom. The van der Waals surface area contributed by atoms with Gasteiger partial charge in [0.15, 0.2) is 11.6 Å². The topological polar surface area (TPSA) is 18.5 Å². The van der Waals surface area contributed by atoms with E-state index in [0.717, 1.165) is 12.1 Å². The van der Waals surface area contributed by atoms with E-state index in [2.05, 4.69) is 15.9 Å². The second-order valence-corrected chi connectivity index (χ2v) is 6.23. The van der Waals surface area contributed by atoms with Crippen LogP contribution in [0.15, 0.2) is 16.6 Å². The standard InChI is InChI=1S/C12H14BBrF2O2/c1-11(2)12(3,4)18-13(17-11)7-5-9(15)10(16)6-8(7)14/h5-6H,1-4H3. The quantitative estimate of drug-likeness (QED) is 0.585. The van der Waals surface area contributed by atoms with E-state index in [4.69, 9.17) is 9.31 Å². The number of hydrogen-bond donors (Lipinski definition) is 0. The van der Waals surface area contributed by atoms with Crippen molar-refractivity contribution in [3.05, 3.63) is 28.2 Å². The van der Waals surface area contributed by atoms with Crippen LogP contribution in [0.25, 0.3) is 0 Å². The molecule has 1 heterocycles. The summed E-state index contributed by atoms with van der Waals surface area (Å²) in [5.41, 5.74) is -0.572. The van der Waals surface area contributed by atoms with Crippen molar-refractivity contribution in [1.29, 1.82) is 0 Å². The van der Waals surface area contributed by atoms with Crippen LogP contribution in [0.2, 0.25) is 0 Å². The number of benzene rings is 1. The average molecular weight is 319 g/mol. The lowest BCUT2D eigenvalue weighted by Crippen LogP contribution is -2.41. The van der Waals surface area contributed by atoms with E-state index in [9.17, 15) is 8.78 Å². The normalized spacial score (nSPS) is 21.4. The van der Waals surface area contributed by atoms with Crippen LogP contribution in [-0.2, 0) is 9.31 Å². The highest BCUT2D eigenvalue weighted by molar-refractivity contribution is 9.10. The summed E-state index contributed by atoms with van der Waals surface area (Å²) in [6.07, 6.45) is 0. The van der Waals surface area contributed by atoms with E-state index in [1.807, 2.05) is 27.7 Å². The second-order valence-electron chi connectivity index (χ2n) is 5.38. The summed E-state index contributed by atoms with van der Waals surface area (Å²) in [7, 11) is -0.709. The molecule has 1 saturated heterocycles. The van der Waals surface area contributed by atoms with Crippen LogP contribution in [-0.4, -0.2) is 18.3 Å². The van der Waals surface area contributed by atoms with Crippen molar-refractivity contribution in [1.82, 2.24) is 0 Å². The summed E-state index contributed by atoms with van der Waals surface area (Å²) < 4.78 is 38.4. The van der Waals surface area contributed by atoms with Crippen molar-refractivity contribution in [3.8, 4) is 0 Å². The fraction of sp³-hybridized carbons (Fsp3) is 0.500. The zero-order chi connectivity index (χ0) is 13.7. The fourth-order valence-electron chi connectivity index (χ4n) is 1.69. The molecule has 1 aromatic carbocycles. The fourth-order valence-corrected chi connectivity index (χ4v) is 2.19. The van der Waals surface area contributed by atoms with Gasteiger partial charge in [0.1, 0.15) is 0 Å². The van der Waals surface area contributed by atoms with Gasteiger partial charge in [-0.25, -0.2) is 8.78 Å². The first-order valence-electron chi connectivity index (χ1n) is 5.64. The Hall–Kier alpha value is -0.455. The summed E-state index contributed by atoms with van der Waals surface area (Å²) in [5, 5.41) is 0.